The number of rotatable bonds is 6. The van der Waals surface area contributed by atoms with Gasteiger partial charge in [0.05, 0.1) is 13.2 Å². The van der Waals surface area contributed by atoms with E-state index < -0.39 is 0 Å². The second-order valence-electron chi connectivity index (χ2n) is 11.0. The van der Waals surface area contributed by atoms with Crippen molar-refractivity contribution in [2.24, 2.45) is 0 Å². The van der Waals surface area contributed by atoms with Crippen LogP contribution in [0.15, 0.2) is 35.3 Å². The zero-order valence-corrected chi connectivity index (χ0v) is 24.5. The molecule has 1 saturated heterocycles. The Labute approximate surface area is 239 Å². The van der Waals surface area contributed by atoms with Crippen LogP contribution in [-0.2, 0) is 24.2 Å². The molecule has 4 aromatic heterocycles. The van der Waals surface area contributed by atoms with Gasteiger partial charge in [-0.1, -0.05) is 0 Å². The summed E-state index contributed by atoms with van der Waals surface area (Å²) in [4.78, 5) is 34.2. The summed E-state index contributed by atoms with van der Waals surface area (Å²) in [6.45, 7) is 13.3. The molecule has 1 fully saturated rings. The van der Waals surface area contributed by atoms with Crippen molar-refractivity contribution >= 4 is 22.8 Å². The maximum atomic E-state index is 13.7. The highest BCUT2D eigenvalue weighted by molar-refractivity contribution is 7.15. The van der Waals surface area contributed by atoms with Gasteiger partial charge in [-0.15, -0.1) is 11.3 Å². The quantitative estimate of drug-likeness (QED) is 0.323. The van der Waals surface area contributed by atoms with Crippen molar-refractivity contribution in [1.29, 1.82) is 0 Å². The maximum Gasteiger partial charge on any atom is 0.253 e. The first-order valence-corrected chi connectivity index (χ1v) is 14.9. The molecule has 0 aromatic carbocycles. The highest BCUT2D eigenvalue weighted by Gasteiger charge is 2.26. The Bertz CT molecular complexity index is 1630. The van der Waals surface area contributed by atoms with Gasteiger partial charge in [0.2, 0.25) is 0 Å². The highest BCUT2D eigenvalue weighted by atomic mass is 32.1. The van der Waals surface area contributed by atoms with Crippen molar-refractivity contribution in [3.05, 3.63) is 84.9 Å². The lowest BCUT2D eigenvalue weighted by Crippen LogP contribution is -2.39. The van der Waals surface area contributed by atoms with Gasteiger partial charge < -0.3 is 24.8 Å². The number of pyridine rings is 2. The van der Waals surface area contributed by atoms with Crippen LogP contribution in [0.5, 0.6) is 0 Å². The van der Waals surface area contributed by atoms with Crippen LogP contribution in [0.25, 0.3) is 16.0 Å². The van der Waals surface area contributed by atoms with Gasteiger partial charge in [-0.2, -0.15) is 0 Å². The maximum absolute atomic E-state index is 13.7. The summed E-state index contributed by atoms with van der Waals surface area (Å²) in [5.74, 6) is -0.171. The molecule has 3 N–H and O–H groups in total. The fourth-order valence-corrected chi connectivity index (χ4v) is 7.32. The van der Waals surface area contributed by atoms with E-state index in [1.165, 1.54) is 20.9 Å². The van der Waals surface area contributed by atoms with E-state index >= 15 is 0 Å². The first-order chi connectivity index (χ1) is 19.3. The van der Waals surface area contributed by atoms with Crippen LogP contribution in [0.4, 0.5) is 0 Å². The molecule has 0 spiro atoms. The molecular formula is C31H39N5O3S. The second-order valence-corrected chi connectivity index (χ2v) is 12.2. The lowest BCUT2D eigenvalue weighted by molar-refractivity contribution is 0.0187. The van der Waals surface area contributed by atoms with Gasteiger partial charge in [-0.3, -0.25) is 14.5 Å². The molecule has 1 unspecified atom stereocenters. The Morgan fingerprint density at radius 2 is 1.98 bits per heavy atom. The van der Waals surface area contributed by atoms with Gasteiger partial charge in [-0.25, -0.2) is 0 Å². The average molecular weight is 562 g/mol. The molecule has 9 heteroatoms. The summed E-state index contributed by atoms with van der Waals surface area (Å²) in [5.41, 5.74) is 8.39. The van der Waals surface area contributed by atoms with Crippen molar-refractivity contribution in [3.8, 4) is 10.4 Å². The number of morpholine rings is 1. The van der Waals surface area contributed by atoms with Crippen molar-refractivity contribution in [2.75, 3.05) is 32.8 Å². The molecule has 2 aliphatic heterocycles. The molecule has 0 aliphatic carbocycles. The van der Waals surface area contributed by atoms with Crippen LogP contribution in [0.1, 0.15) is 63.3 Å². The number of aromatic nitrogens is 2. The first-order valence-electron chi connectivity index (χ1n) is 14.1. The van der Waals surface area contributed by atoms with Crippen LogP contribution in [-0.4, -0.2) is 53.0 Å². The van der Waals surface area contributed by atoms with E-state index in [1.54, 1.807) is 0 Å². The SMILES string of the molecule is Cc1cc(C)c(CNC(=O)c2cc3cc(-c4cc5c(s4)CCNC5)cn3c(C(C)N3CCOCC3)c2C)c(=O)[nH]1.[HH]. The van der Waals surface area contributed by atoms with E-state index in [9.17, 15) is 9.59 Å². The molecule has 0 saturated carbocycles. The second kappa shape index (κ2) is 11.0. The number of hydrogen-bond donors (Lipinski definition) is 3. The van der Waals surface area contributed by atoms with Gasteiger partial charge >= 0.3 is 0 Å². The van der Waals surface area contributed by atoms with Gasteiger partial charge in [0.15, 0.2) is 0 Å². The summed E-state index contributed by atoms with van der Waals surface area (Å²) in [7, 11) is 0. The van der Waals surface area contributed by atoms with E-state index in [-0.39, 0.29) is 25.5 Å². The summed E-state index contributed by atoms with van der Waals surface area (Å²) in [5, 5.41) is 6.51. The third-order valence-electron chi connectivity index (χ3n) is 8.37. The molecule has 6 heterocycles. The molecular weight excluding hydrogens is 522 g/mol. The van der Waals surface area contributed by atoms with Crippen molar-refractivity contribution in [1.82, 2.24) is 24.9 Å². The summed E-state index contributed by atoms with van der Waals surface area (Å²) < 4.78 is 7.89. The number of thiophene rings is 1. The summed E-state index contributed by atoms with van der Waals surface area (Å²) in [6, 6.07) is 8.54. The monoisotopic (exact) mass is 561 g/mol. The Kier molecular flexibility index (Phi) is 7.39. The topological polar surface area (TPSA) is 90.9 Å². The molecule has 1 atom stereocenters. The molecule has 212 valence electrons. The molecule has 4 aromatic rings. The highest BCUT2D eigenvalue weighted by Crippen LogP contribution is 2.37. The molecule has 1 amide bonds. The van der Waals surface area contributed by atoms with Gasteiger partial charge in [0.25, 0.3) is 11.5 Å². The lowest BCUT2D eigenvalue weighted by Gasteiger charge is -2.34. The number of ether oxygens (including phenoxy) is 1. The minimum Gasteiger partial charge on any atom is -0.379 e. The van der Waals surface area contributed by atoms with Crippen LogP contribution in [0.2, 0.25) is 0 Å². The molecule has 2 aliphatic rings. The van der Waals surface area contributed by atoms with E-state index in [4.69, 9.17) is 4.74 Å². The summed E-state index contributed by atoms with van der Waals surface area (Å²) in [6.07, 6.45) is 3.30. The zero-order chi connectivity index (χ0) is 28.0. The minimum atomic E-state index is -0.171. The smallest absolute Gasteiger partial charge is 0.253 e. The number of H-pyrrole nitrogens is 1. The normalized spacial score (nSPS) is 16.7. The average Bonchev–Trinajstić information content (AvgIpc) is 3.56. The summed E-state index contributed by atoms with van der Waals surface area (Å²) >= 11 is 1.88. The van der Waals surface area contributed by atoms with Crippen LogP contribution < -0.4 is 16.2 Å². The Hall–Kier alpha value is -3.24. The predicted molar refractivity (Wildman–Crippen MR) is 161 cm³/mol. The zero-order valence-electron chi connectivity index (χ0n) is 23.6. The number of aromatic amines is 1. The Morgan fingerprint density at radius 1 is 1.18 bits per heavy atom. The van der Waals surface area contributed by atoms with Gasteiger partial charge in [-0.05, 0) is 75.1 Å². The number of fused-ring (bicyclic) bond motifs is 2. The minimum absolute atomic E-state index is 0. The van der Waals surface area contributed by atoms with Gasteiger partial charge in [0, 0.05) is 89.7 Å². The Morgan fingerprint density at radius 3 is 2.73 bits per heavy atom. The number of aryl methyl sites for hydroxylation is 2. The van der Waals surface area contributed by atoms with E-state index in [0.29, 0.717) is 24.3 Å². The number of nitrogens with zero attached hydrogens (tertiary/aromatic N) is 2. The molecule has 0 radical (unpaired) electrons. The van der Waals surface area contributed by atoms with Crippen LogP contribution in [0, 0.1) is 20.8 Å². The largest absolute Gasteiger partial charge is 0.379 e. The van der Waals surface area contributed by atoms with Crippen LogP contribution >= 0.6 is 11.3 Å². The van der Waals surface area contributed by atoms with E-state index in [0.717, 1.165) is 60.6 Å². The fraction of sp³-hybridized carbons (Fsp3) is 0.419. The molecule has 6 rings (SSSR count). The Balaban J connectivity index is 0.00000337. The van der Waals surface area contributed by atoms with E-state index in [1.807, 2.05) is 44.2 Å². The van der Waals surface area contributed by atoms with Crippen molar-refractivity contribution in [3.63, 3.8) is 0 Å². The lowest BCUT2D eigenvalue weighted by atomic mass is 10.0. The third kappa shape index (κ3) is 5.03. The first kappa shape index (κ1) is 27.0. The number of hydrogen-bond acceptors (Lipinski definition) is 6. The third-order valence-corrected chi connectivity index (χ3v) is 9.65. The standard InChI is InChI=1S/C31H37N5O3S.H2/c1-18-11-19(2)34-31(38)26(18)16-33-30(37)25-14-24-12-23(28-13-22-15-32-6-5-27(22)40-28)17-36(24)29(20(25)3)21(4)35-7-9-39-10-8-35;/h11-14,17,21,32H,5-10,15-16H2,1-4H3,(H,33,37)(H,34,38);1H. The number of nitrogens with one attached hydrogen (secondary N) is 3. The molecule has 8 nitrogen and oxygen atoms in total. The molecule has 0 bridgehead atoms. The van der Waals surface area contributed by atoms with Crippen LogP contribution in [0.3, 0.4) is 0 Å². The van der Waals surface area contributed by atoms with E-state index in [2.05, 4.69) is 50.2 Å². The van der Waals surface area contributed by atoms with Crippen molar-refractivity contribution < 1.29 is 11.0 Å². The number of amides is 1. The number of carbonyl (C=O) groups excluding carboxylic acids is 1. The fourth-order valence-electron chi connectivity index (χ4n) is 6.16. The van der Waals surface area contributed by atoms with Crippen molar-refractivity contribution in [2.45, 2.75) is 53.2 Å². The van der Waals surface area contributed by atoms with Gasteiger partial charge in [0.1, 0.15) is 0 Å². The predicted octanol–water partition coefficient (Wildman–Crippen LogP) is 4.50. The molecule has 40 heavy (non-hydrogen) atoms. The number of carbonyl (C=O) groups is 1.